The van der Waals surface area contributed by atoms with E-state index >= 15 is 0 Å². The van der Waals surface area contributed by atoms with Crippen molar-refractivity contribution in [1.29, 1.82) is 0 Å². The molecule has 1 aliphatic rings. The molecule has 1 heterocycles. The van der Waals surface area contributed by atoms with Crippen LogP contribution < -0.4 is 5.73 Å². The number of ether oxygens (including phenoxy) is 1. The van der Waals surface area contributed by atoms with E-state index in [1.54, 1.807) is 4.90 Å². The van der Waals surface area contributed by atoms with Crippen LogP contribution >= 0.6 is 0 Å². The van der Waals surface area contributed by atoms with E-state index in [9.17, 15) is 9.59 Å². The summed E-state index contributed by atoms with van der Waals surface area (Å²) in [4.78, 5) is 26.8. The molecular weight excluding hydrogens is 364 g/mol. The van der Waals surface area contributed by atoms with Crippen molar-refractivity contribution in [1.82, 2.24) is 4.90 Å². The van der Waals surface area contributed by atoms with Gasteiger partial charge in [-0.25, -0.2) is 0 Å². The molecule has 29 heavy (non-hydrogen) atoms. The Morgan fingerprint density at radius 2 is 1.79 bits per heavy atom. The molecule has 1 atom stereocenters. The maximum absolute atomic E-state index is 12.7. The third kappa shape index (κ3) is 4.67. The number of hydrogen-bond donors (Lipinski definition) is 1. The molecule has 0 bridgehead atoms. The molecule has 1 aliphatic heterocycles. The summed E-state index contributed by atoms with van der Waals surface area (Å²) in [5, 5.41) is 0. The average molecular weight is 395 g/mol. The van der Waals surface area contributed by atoms with E-state index in [1.165, 1.54) is 5.56 Å². The van der Waals surface area contributed by atoms with Crippen LogP contribution in [-0.4, -0.2) is 42.0 Å². The van der Waals surface area contributed by atoms with Crippen molar-refractivity contribution in [3.05, 3.63) is 59.7 Å². The smallest absolute Gasteiger partial charge is 0.251 e. The molecule has 0 saturated carbocycles. The summed E-state index contributed by atoms with van der Waals surface area (Å²) in [5.74, 6) is -0.534. The number of carbonyl (C=O) groups is 2. The highest BCUT2D eigenvalue weighted by molar-refractivity contribution is 5.87. The zero-order valence-electron chi connectivity index (χ0n) is 17.7. The first kappa shape index (κ1) is 21.1. The lowest BCUT2D eigenvalue weighted by molar-refractivity contribution is -0.167. The minimum atomic E-state index is -1.20. The summed E-state index contributed by atoms with van der Waals surface area (Å²) in [7, 11) is 0. The highest BCUT2D eigenvalue weighted by Crippen LogP contribution is 2.28. The first-order chi connectivity index (χ1) is 13.6. The molecule has 2 aromatic carbocycles. The molecule has 154 valence electrons. The average Bonchev–Trinajstić information content (AvgIpc) is 2.67. The van der Waals surface area contributed by atoms with Crippen molar-refractivity contribution in [2.24, 2.45) is 11.1 Å². The van der Waals surface area contributed by atoms with E-state index in [1.807, 2.05) is 51.1 Å². The lowest BCUT2D eigenvalue weighted by atomic mass is 9.88. The standard InChI is InChI=1S/C24H30N2O3/c1-17-6-5-7-20(14-17)19-10-8-18(9-11-19)15-24(21(25)27)16-26(12-13-29-24)22(28)23(2,3)4/h5-11,14H,12-13,15-16H2,1-4H3,(H2,25,27)/t24-/m0/s1. The molecule has 5 heteroatoms. The van der Waals surface area contributed by atoms with E-state index in [2.05, 4.69) is 25.1 Å². The molecule has 5 nitrogen and oxygen atoms in total. The van der Waals surface area contributed by atoms with Crippen LogP contribution in [0.15, 0.2) is 48.5 Å². The first-order valence-electron chi connectivity index (χ1n) is 10.00. The van der Waals surface area contributed by atoms with Crippen molar-refractivity contribution >= 4 is 11.8 Å². The molecule has 0 aliphatic carbocycles. The summed E-state index contributed by atoms with van der Waals surface area (Å²) in [5.41, 5.74) is 8.45. The summed E-state index contributed by atoms with van der Waals surface area (Å²) in [6.45, 7) is 8.64. The van der Waals surface area contributed by atoms with E-state index in [4.69, 9.17) is 10.5 Å². The maximum atomic E-state index is 12.7. The van der Waals surface area contributed by atoms with Gasteiger partial charge in [-0.3, -0.25) is 9.59 Å². The Kier molecular flexibility index (Phi) is 5.80. The number of benzene rings is 2. The van der Waals surface area contributed by atoms with Crippen LogP contribution in [0.5, 0.6) is 0 Å². The third-order valence-electron chi connectivity index (χ3n) is 5.36. The lowest BCUT2D eigenvalue weighted by Crippen LogP contribution is -2.62. The largest absolute Gasteiger partial charge is 0.367 e. The first-order valence-corrected chi connectivity index (χ1v) is 10.00. The van der Waals surface area contributed by atoms with Gasteiger partial charge in [0.1, 0.15) is 0 Å². The molecular formula is C24H30N2O3. The molecule has 0 unspecified atom stereocenters. The minimum absolute atomic E-state index is 0.00113. The fraction of sp³-hybridized carbons (Fsp3) is 0.417. The summed E-state index contributed by atoms with van der Waals surface area (Å²) in [6.07, 6.45) is 0.338. The molecule has 3 rings (SSSR count). The van der Waals surface area contributed by atoms with Gasteiger partial charge in [-0.1, -0.05) is 74.9 Å². The Bertz CT molecular complexity index is 899. The maximum Gasteiger partial charge on any atom is 0.251 e. The number of aryl methyl sites for hydroxylation is 1. The second-order valence-corrected chi connectivity index (χ2v) is 8.93. The van der Waals surface area contributed by atoms with E-state index < -0.39 is 16.9 Å². The van der Waals surface area contributed by atoms with Crippen LogP contribution in [-0.2, 0) is 20.7 Å². The second-order valence-electron chi connectivity index (χ2n) is 8.93. The van der Waals surface area contributed by atoms with Gasteiger partial charge in [0.2, 0.25) is 5.91 Å². The predicted octanol–water partition coefficient (Wildman–Crippen LogP) is 3.33. The Hall–Kier alpha value is -2.66. The molecule has 2 aromatic rings. The van der Waals surface area contributed by atoms with Crippen LogP contribution in [0.25, 0.3) is 11.1 Å². The molecule has 0 aromatic heterocycles. The zero-order valence-corrected chi connectivity index (χ0v) is 17.7. The van der Waals surface area contributed by atoms with Crippen LogP contribution in [0.2, 0.25) is 0 Å². The number of primary amides is 1. The summed E-state index contributed by atoms with van der Waals surface area (Å²) in [6, 6.07) is 16.4. The minimum Gasteiger partial charge on any atom is -0.367 e. The topological polar surface area (TPSA) is 72.6 Å². The van der Waals surface area contributed by atoms with Gasteiger partial charge in [-0.2, -0.15) is 0 Å². The monoisotopic (exact) mass is 394 g/mol. The fourth-order valence-electron chi connectivity index (χ4n) is 3.74. The number of amides is 2. The summed E-state index contributed by atoms with van der Waals surface area (Å²) >= 11 is 0. The van der Waals surface area contributed by atoms with E-state index in [0.29, 0.717) is 19.6 Å². The van der Waals surface area contributed by atoms with Crippen molar-refractivity contribution < 1.29 is 14.3 Å². The van der Waals surface area contributed by atoms with Crippen molar-refractivity contribution in [3.8, 4) is 11.1 Å². The Balaban J connectivity index is 1.81. The number of morpholine rings is 1. The van der Waals surface area contributed by atoms with Gasteiger partial charge in [-0.05, 0) is 23.6 Å². The molecule has 1 saturated heterocycles. The van der Waals surface area contributed by atoms with E-state index in [0.717, 1.165) is 16.7 Å². The molecule has 0 radical (unpaired) electrons. The molecule has 0 spiro atoms. The van der Waals surface area contributed by atoms with Gasteiger partial charge >= 0.3 is 0 Å². The normalized spacial score (nSPS) is 19.8. The number of nitrogens with two attached hydrogens (primary N) is 1. The number of nitrogens with zero attached hydrogens (tertiary/aromatic N) is 1. The van der Waals surface area contributed by atoms with Gasteiger partial charge in [0.05, 0.1) is 13.2 Å². The van der Waals surface area contributed by atoms with Crippen LogP contribution in [0.4, 0.5) is 0 Å². The van der Waals surface area contributed by atoms with Gasteiger partial charge in [0.15, 0.2) is 5.60 Å². The van der Waals surface area contributed by atoms with Crippen molar-refractivity contribution in [2.75, 3.05) is 19.7 Å². The quantitative estimate of drug-likeness (QED) is 0.864. The predicted molar refractivity (Wildman–Crippen MR) is 114 cm³/mol. The third-order valence-corrected chi connectivity index (χ3v) is 5.36. The number of rotatable bonds is 4. The molecule has 1 fully saturated rings. The Morgan fingerprint density at radius 1 is 1.10 bits per heavy atom. The number of carbonyl (C=O) groups excluding carboxylic acids is 2. The molecule has 2 N–H and O–H groups in total. The second kappa shape index (κ2) is 7.99. The summed E-state index contributed by atoms with van der Waals surface area (Å²) < 4.78 is 5.89. The molecule has 2 amide bonds. The van der Waals surface area contributed by atoms with Gasteiger partial charge in [-0.15, -0.1) is 0 Å². The Morgan fingerprint density at radius 3 is 2.38 bits per heavy atom. The zero-order chi connectivity index (χ0) is 21.2. The highest BCUT2D eigenvalue weighted by atomic mass is 16.5. The van der Waals surface area contributed by atoms with Gasteiger partial charge in [0, 0.05) is 18.4 Å². The SMILES string of the molecule is Cc1cccc(-c2ccc(C[C@@]3(C(N)=O)CN(C(=O)C(C)(C)C)CCO3)cc2)c1. The Labute approximate surface area is 172 Å². The van der Waals surface area contributed by atoms with Crippen LogP contribution in [0.3, 0.4) is 0 Å². The fourth-order valence-corrected chi connectivity index (χ4v) is 3.74. The lowest BCUT2D eigenvalue weighted by Gasteiger charge is -2.42. The van der Waals surface area contributed by atoms with Crippen LogP contribution in [0.1, 0.15) is 31.9 Å². The van der Waals surface area contributed by atoms with Gasteiger partial charge < -0.3 is 15.4 Å². The highest BCUT2D eigenvalue weighted by Gasteiger charge is 2.45. The van der Waals surface area contributed by atoms with Crippen LogP contribution in [0, 0.1) is 12.3 Å². The van der Waals surface area contributed by atoms with Crippen molar-refractivity contribution in [2.45, 2.75) is 39.7 Å². The van der Waals surface area contributed by atoms with E-state index in [-0.39, 0.29) is 12.5 Å². The van der Waals surface area contributed by atoms with Gasteiger partial charge in [0.25, 0.3) is 5.91 Å². The van der Waals surface area contributed by atoms with Crippen molar-refractivity contribution in [3.63, 3.8) is 0 Å². The number of hydrogen-bond acceptors (Lipinski definition) is 3.